The fourth-order valence-electron chi connectivity index (χ4n) is 2.16. The lowest BCUT2D eigenvalue weighted by molar-refractivity contribution is 0.366. The molecule has 1 fully saturated rings. The number of anilines is 2. The number of nitriles is 1. The Hall–Kier alpha value is -2.62. The summed E-state index contributed by atoms with van der Waals surface area (Å²) in [5.41, 5.74) is 0.598. The Morgan fingerprint density at radius 2 is 2.15 bits per heavy atom. The van der Waals surface area contributed by atoms with Gasteiger partial charge < -0.3 is 9.80 Å². The largest absolute Gasteiger partial charge is 0.363 e. The molecule has 0 atom stereocenters. The Bertz CT molecular complexity index is 649. The lowest BCUT2D eigenvalue weighted by atomic mass is 10.1. The van der Waals surface area contributed by atoms with Crippen molar-refractivity contribution in [2.75, 3.05) is 37.0 Å². The minimum atomic E-state index is 0.301. The van der Waals surface area contributed by atoms with Gasteiger partial charge in [-0.2, -0.15) is 10.4 Å². The van der Waals surface area contributed by atoms with Gasteiger partial charge in [0.1, 0.15) is 24.0 Å². The van der Waals surface area contributed by atoms with Gasteiger partial charge in [0.25, 0.3) is 0 Å². The summed E-state index contributed by atoms with van der Waals surface area (Å²) in [7, 11) is 3.91. The lowest BCUT2D eigenvalue weighted by Crippen LogP contribution is -2.48. The molecule has 7 nitrogen and oxygen atoms in total. The molecule has 102 valence electrons. The molecule has 1 aliphatic rings. The van der Waals surface area contributed by atoms with Gasteiger partial charge in [0.15, 0.2) is 0 Å². The molecule has 1 saturated heterocycles. The smallest absolute Gasteiger partial charge is 0.134 e. The Labute approximate surface area is 117 Å². The van der Waals surface area contributed by atoms with Crippen molar-refractivity contribution in [3.05, 3.63) is 30.4 Å². The molecule has 0 aromatic carbocycles. The van der Waals surface area contributed by atoms with Crippen LogP contribution in [0.5, 0.6) is 0 Å². The SMILES string of the molecule is CN(C)c1cc(N2CC(n3cc(C#N)cn3)C2)ncn1. The van der Waals surface area contributed by atoms with Gasteiger partial charge in [0.05, 0.1) is 17.8 Å². The number of nitrogens with zero attached hydrogens (tertiary/aromatic N) is 7. The van der Waals surface area contributed by atoms with Crippen LogP contribution in [0.1, 0.15) is 11.6 Å². The van der Waals surface area contributed by atoms with Gasteiger partial charge in [-0.15, -0.1) is 0 Å². The Morgan fingerprint density at radius 1 is 1.35 bits per heavy atom. The van der Waals surface area contributed by atoms with E-state index in [9.17, 15) is 0 Å². The first kappa shape index (κ1) is 12.4. The standard InChI is InChI=1S/C13H15N7/c1-18(2)12-3-13(16-9-15-12)19-7-11(8-19)20-6-10(4-14)5-17-20/h3,5-6,9,11H,7-8H2,1-2H3. The molecule has 0 amide bonds. The van der Waals surface area contributed by atoms with E-state index in [2.05, 4.69) is 26.0 Å². The van der Waals surface area contributed by atoms with Gasteiger partial charge in [-0.05, 0) is 0 Å². The number of rotatable bonds is 3. The zero-order chi connectivity index (χ0) is 14.1. The minimum Gasteiger partial charge on any atom is -0.363 e. The van der Waals surface area contributed by atoms with E-state index in [0.717, 1.165) is 24.7 Å². The van der Waals surface area contributed by atoms with E-state index in [1.165, 1.54) is 0 Å². The molecule has 0 radical (unpaired) electrons. The van der Waals surface area contributed by atoms with Crippen molar-refractivity contribution in [1.82, 2.24) is 19.7 Å². The first-order valence-electron chi connectivity index (χ1n) is 6.36. The minimum absolute atomic E-state index is 0.301. The summed E-state index contributed by atoms with van der Waals surface area (Å²) in [5.74, 6) is 1.82. The zero-order valence-corrected chi connectivity index (χ0v) is 11.4. The maximum absolute atomic E-state index is 8.80. The van der Waals surface area contributed by atoms with Crippen molar-refractivity contribution in [2.24, 2.45) is 0 Å². The first-order chi connectivity index (χ1) is 9.67. The van der Waals surface area contributed by atoms with Gasteiger partial charge in [-0.1, -0.05) is 0 Å². The van der Waals surface area contributed by atoms with Crippen molar-refractivity contribution in [2.45, 2.75) is 6.04 Å². The third-order valence-corrected chi connectivity index (χ3v) is 3.39. The number of hydrogen-bond donors (Lipinski definition) is 0. The molecule has 2 aromatic heterocycles. The number of aromatic nitrogens is 4. The summed E-state index contributed by atoms with van der Waals surface area (Å²) >= 11 is 0. The second kappa shape index (κ2) is 4.81. The van der Waals surface area contributed by atoms with Crippen LogP contribution in [0.3, 0.4) is 0 Å². The normalized spacial score (nSPS) is 14.8. The molecule has 0 unspecified atom stereocenters. The van der Waals surface area contributed by atoms with E-state index in [-0.39, 0.29) is 0 Å². The van der Waals surface area contributed by atoms with Crippen LogP contribution < -0.4 is 9.80 Å². The average Bonchev–Trinajstić information content (AvgIpc) is 2.86. The van der Waals surface area contributed by atoms with Crippen LogP contribution in [-0.4, -0.2) is 46.9 Å². The van der Waals surface area contributed by atoms with Crippen molar-refractivity contribution in [3.8, 4) is 6.07 Å². The highest BCUT2D eigenvalue weighted by molar-refractivity contribution is 5.51. The fraction of sp³-hybridized carbons (Fsp3) is 0.385. The van der Waals surface area contributed by atoms with Crippen LogP contribution in [0.2, 0.25) is 0 Å². The van der Waals surface area contributed by atoms with Crippen molar-refractivity contribution >= 4 is 11.6 Å². The summed E-state index contributed by atoms with van der Waals surface area (Å²) in [6, 6.07) is 4.36. The molecule has 2 aromatic rings. The molecule has 3 rings (SSSR count). The average molecular weight is 269 g/mol. The second-order valence-electron chi connectivity index (χ2n) is 5.01. The Balaban J connectivity index is 1.68. The quantitative estimate of drug-likeness (QED) is 0.815. The maximum Gasteiger partial charge on any atom is 0.134 e. The van der Waals surface area contributed by atoms with Crippen molar-refractivity contribution in [1.29, 1.82) is 5.26 Å². The Kier molecular flexibility index (Phi) is 2.99. The van der Waals surface area contributed by atoms with Crippen LogP contribution in [0, 0.1) is 11.3 Å². The van der Waals surface area contributed by atoms with Crippen LogP contribution >= 0.6 is 0 Å². The summed E-state index contributed by atoms with van der Waals surface area (Å²) < 4.78 is 1.85. The molecule has 0 saturated carbocycles. The van der Waals surface area contributed by atoms with Crippen LogP contribution in [0.15, 0.2) is 24.8 Å². The van der Waals surface area contributed by atoms with Gasteiger partial charge in [0, 0.05) is 39.4 Å². The van der Waals surface area contributed by atoms with Crippen molar-refractivity contribution in [3.63, 3.8) is 0 Å². The fourth-order valence-corrected chi connectivity index (χ4v) is 2.16. The van der Waals surface area contributed by atoms with Crippen LogP contribution in [-0.2, 0) is 0 Å². The van der Waals surface area contributed by atoms with E-state index in [1.807, 2.05) is 29.7 Å². The summed E-state index contributed by atoms with van der Waals surface area (Å²) in [5, 5.41) is 13.0. The molecule has 0 bridgehead atoms. The predicted octanol–water partition coefficient (Wildman–Crippen LogP) is 0.672. The van der Waals surface area contributed by atoms with Crippen LogP contribution in [0.25, 0.3) is 0 Å². The number of hydrogen-bond acceptors (Lipinski definition) is 6. The maximum atomic E-state index is 8.80. The van der Waals surface area contributed by atoms with E-state index in [0.29, 0.717) is 11.6 Å². The zero-order valence-electron chi connectivity index (χ0n) is 11.4. The third-order valence-electron chi connectivity index (χ3n) is 3.39. The van der Waals surface area contributed by atoms with Gasteiger partial charge >= 0.3 is 0 Å². The Morgan fingerprint density at radius 3 is 2.80 bits per heavy atom. The highest BCUT2D eigenvalue weighted by atomic mass is 15.4. The highest BCUT2D eigenvalue weighted by Crippen LogP contribution is 2.27. The summed E-state index contributed by atoms with van der Waals surface area (Å²) in [6.07, 6.45) is 4.96. The topological polar surface area (TPSA) is 73.9 Å². The third kappa shape index (κ3) is 2.16. The van der Waals surface area contributed by atoms with E-state index < -0.39 is 0 Å². The molecule has 0 aliphatic carbocycles. The summed E-state index contributed by atoms with van der Waals surface area (Å²) in [4.78, 5) is 12.6. The van der Waals surface area contributed by atoms with Crippen molar-refractivity contribution < 1.29 is 0 Å². The molecule has 1 aliphatic heterocycles. The summed E-state index contributed by atoms with van der Waals surface area (Å²) in [6.45, 7) is 1.69. The first-order valence-corrected chi connectivity index (χ1v) is 6.36. The molecule has 3 heterocycles. The van der Waals surface area contributed by atoms with E-state index in [4.69, 9.17) is 5.26 Å². The highest BCUT2D eigenvalue weighted by Gasteiger charge is 2.30. The van der Waals surface area contributed by atoms with Gasteiger partial charge in [-0.25, -0.2) is 9.97 Å². The van der Waals surface area contributed by atoms with Gasteiger partial charge in [0.2, 0.25) is 0 Å². The van der Waals surface area contributed by atoms with E-state index >= 15 is 0 Å². The van der Waals surface area contributed by atoms with Gasteiger partial charge in [-0.3, -0.25) is 4.68 Å². The molecular weight excluding hydrogens is 254 g/mol. The monoisotopic (exact) mass is 269 g/mol. The second-order valence-corrected chi connectivity index (χ2v) is 5.01. The molecule has 0 spiro atoms. The molecule has 7 heteroatoms. The van der Waals surface area contributed by atoms with Crippen LogP contribution in [0.4, 0.5) is 11.6 Å². The molecule has 20 heavy (non-hydrogen) atoms. The molecule has 0 N–H and O–H groups in total. The predicted molar refractivity (Wildman–Crippen MR) is 74.6 cm³/mol. The van der Waals surface area contributed by atoms with E-state index in [1.54, 1.807) is 18.7 Å². The lowest BCUT2D eigenvalue weighted by Gasteiger charge is -2.40. The molecular formula is C13H15N7.